The predicted octanol–water partition coefficient (Wildman–Crippen LogP) is 3.26. The average molecular weight is 355 g/mol. The van der Waals surface area contributed by atoms with Gasteiger partial charge in [-0.3, -0.25) is 9.36 Å². The van der Waals surface area contributed by atoms with E-state index in [9.17, 15) is 4.79 Å². The molecule has 3 rings (SSSR count). The number of rotatable bonds is 7. The van der Waals surface area contributed by atoms with Crippen LogP contribution in [0.3, 0.4) is 0 Å². The van der Waals surface area contributed by atoms with E-state index in [4.69, 9.17) is 9.47 Å². The lowest BCUT2D eigenvalue weighted by Crippen LogP contribution is -2.05. The summed E-state index contributed by atoms with van der Waals surface area (Å²) in [5.41, 5.74) is 1.52. The van der Waals surface area contributed by atoms with Crippen LogP contribution in [0.2, 0.25) is 0 Å². The molecule has 0 atom stereocenters. The third-order valence-electron chi connectivity index (χ3n) is 3.59. The van der Waals surface area contributed by atoms with Crippen molar-refractivity contribution in [1.82, 2.24) is 14.8 Å². The number of Topliss-reactive ketones (excluding diaryl/α,β-unsaturated/α-hetero) is 1. The number of nitrogens with zero attached hydrogens (tertiary/aromatic N) is 3. The van der Waals surface area contributed by atoms with Crippen molar-refractivity contribution in [2.45, 2.75) is 5.16 Å². The molecular weight excluding hydrogens is 338 g/mol. The fourth-order valence-electron chi connectivity index (χ4n) is 2.31. The zero-order chi connectivity index (χ0) is 17.6. The van der Waals surface area contributed by atoms with E-state index in [1.165, 1.54) is 11.8 Å². The van der Waals surface area contributed by atoms with Crippen LogP contribution in [0, 0.1) is 0 Å². The Morgan fingerprint density at radius 2 is 1.84 bits per heavy atom. The summed E-state index contributed by atoms with van der Waals surface area (Å²) in [6, 6.07) is 14.9. The smallest absolute Gasteiger partial charge is 0.196 e. The maximum absolute atomic E-state index is 12.5. The minimum absolute atomic E-state index is 0.0198. The van der Waals surface area contributed by atoms with Gasteiger partial charge in [0.25, 0.3) is 0 Å². The Hall–Kier alpha value is -2.80. The Labute approximate surface area is 149 Å². The van der Waals surface area contributed by atoms with Gasteiger partial charge in [0.15, 0.2) is 22.4 Å². The number of carbonyl (C=O) groups excluding carboxylic acids is 1. The third kappa shape index (κ3) is 3.83. The zero-order valence-electron chi connectivity index (χ0n) is 13.9. The van der Waals surface area contributed by atoms with Gasteiger partial charge < -0.3 is 9.47 Å². The number of para-hydroxylation sites is 1. The van der Waals surface area contributed by atoms with Crippen molar-refractivity contribution < 1.29 is 14.3 Å². The van der Waals surface area contributed by atoms with Gasteiger partial charge in [0.05, 0.1) is 20.0 Å². The van der Waals surface area contributed by atoms with Crippen LogP contribution in [-0.2, 0) is 0 Å². The van der Waals surface area contributed by atoms with E-state index in [0.29, 0.717) is 22.2 Å². The summed E-state index contributed by atoms with van der Waals surface area (Å²) in [4.78, 5) is 12.5. The number of hydrogen-bond acceptors (Lipinski definition) is 6. The monoisotopic (exact) mass is 355 g/mol. The molecule has 0 N–H and O–H groups in total. The van der Waals surface area contributed by atoms with E-state index >= 15 is 0 Å². The van der Waals surface area contributed by atoms with Crippen LogP contribution >= 0.6 is 11.8 Å². The Bertz CT molecular complexity index is 865. The first-order chi connectivity index (χ1) is 12.2. The molecule has 0 saturated carbocycles. The van der Waals surface area contributed by atoms with Gasteiger partial charge in [-0.05, 0) is 30.3 Å². The second-order valence-corrected chi connectivity index (χ2v) is 6.04. The summed E-state index contributed by atoms with van der Waals surface area (Å²) in [5, 5.41) is 8.71. The summed E-state index contributed by atoms with van der Waals surface area (Å²) in [7, 11) is 3.11. The highest BCUT2D eigenvalue weighted by molar-refractivity contribution is 7.99. The van der Waals surface area contributed by atoms with Crippen LogP contribution in [0.1, 0.15) is 10.4 Å². The first-order valence-electron chi connectivity index (χ1n) is 7.56. The summed E-state index contributed by atoms with van der Waals surface area (Å²) in [6.45, 7) is 0. The molecule has 25 heavy (non-hydrogen) atoms. The maximum atomic E-state index is 12.5. The van der Waals surface area contributed by atoms with E-state index in [1.54, 1.807) is 38.7 Å². The number of ketones is 1. The summed E-state index contributed by atoms with van der Waals surface area (Å²) in [6.07, 6.45) is 1.64. The largest absolute Gasteiger partial charge is 0.493 e. The molecule has 0 aliphatic heterocycles. The second-order valence-electron chi connectivity index (χ2n) is 5.10. The average Bonchev–Trinajstić information content (AvgIpc) is 3.14. The molecule has 128 valence electrons. The highest BCUT2D eigenvalue weighted by Gasteiger charge is 2.14. The van der Waals surface area contributed by atoms with Gasteiger partial charge in [-0.15, -0.1) is 10.2 Å². The number of methoxy groups -OCH3 is 2. The van der Waals surface area contributed by atoms with Crippen molar-refractivity contribution in [1.29, 1.82) is 0 Å². The van der Waals surface area contributed by atoms with E-state index in [2.05, 4.69) is 10.2 Å². The minimum Gasteiger partial charge on any atom is -0.493 e. The SMILES string of the molecule is COc1ccc(C(=O)CSc2nncn2-c2ccccc2)cc1OC. The quantitative estimate of drug-likeness (QED) is 0.479. The number of thioether (sulfide) groups is 1. The topological polar surface area (TPSA) is 66.2 Å². The number of carbonyl (C=O) groups is 1. The fraction of sp³-hybridized carbons (Fsp3) is 0.167. The lowest BCUT2D eigenvalue weighted by molar-refractivity contribution is 0.102. The molecule has 0 aliphatic rings. The Morgan fingerprint density at radius 1 is 1.08 bits per heavy atom. The molecule has 0 bridgehead atoms. The summed E-state index contributed by atoms with van der Waals surface area (Å²) >= 11 is 1.34. The molecule has 0 unspecified atom stereocenters. The van der Waals surface area contributed by atoms with Crippen LogP contribution in [0.5, 0.6) is 11.5 Å². The molecule has 3 aromatic rings. The molecule has 6 nitrogen and oxygen atoms in total. The van der Waals surface area contributed by atoms with Crippen molar-refractivity contribution in [2.24, 2.45) is 0 Å². The number of aromatic nitrogens is 3. The molecular formula is C18H17N3O3S. The second kappa shape index (κ2) is 7.85. The van der Waals surface area contributed by atoms with Crippen LogP contribution in [0.15, 0.2) is 60.0 Å². The van der Waals surface area contributed by atoms with Gasteiger partial charge in [0.1, 0.15) is 6.33 Å². The van der Waals surface area contributed by atoms with Crippen molar-refractivity contribution >= 4 is 17.5 Å². The first kappa shape index (κ1) is 17.0. The highest BCUT2D eigenvalue weighted by Crippen LogP contribution is 2.28. The molecule has 1 aromatic heterocycles. The zero-order valence-corrected chi connectivity index (χ0v) is 14.7. The predicted molar refractivity (Wildman–Crippen MR) is 96.0 cm³/mol. The molecule has 1 heterocycles. The van der Waals surface area contributed by atoms with E-state index < -0.39 is 0 Å². The Balaban J connectivity index is 1.73. The molecule has 0 fully saturated rings. The molecule has 0 spiro atoms. The normalized spacial score (nSPS) is 10.5. The van der Waals surface area contributed by atoms with Gasteiger partial charge in [0, 0.05) is 11.3 Å². The van der Waals surface area contributed by atoms with E-state index in [0.717, 1.165) is 5.69 Å². The molecule has 7 heteroatoms. The van der Waals surface area contributed by atoms with Crippen molar-refractivity contribution in [3.63, 3.8) is 0 Å². The summed E-state index contributed by atoms with van der Waals surface area (Å²) < 4.78 is 12.3. The molecule has 0 amide bonds. The van der Waals surface area contributed by atoms with Crippen molar-refractivity contribution in [3.8, 4) is 17.2 Å². The molecule has 0 saturated heterocycles. The van der Waals surface area contributed by atoms with E-state index in [1.807, 2.05) is 34.9 Å². The Morgan fingerprint density at radius 3 is 2.56 bits per heavy atom. The van der Waals surface area contributed by atoms with Crippen LogP contribution < -0.4 is 9.47 Å². The van der Waals surface area contributed by atoms with Crippen LogP contribution in [-0.4, -0.2) is 40.5 Å². The van der Waals surface area contributed by atoms with E-state index in [-0.39, 0.29) is 11.5 Å². The third-order valence-corrected chi connectivity index (χ3v) is 4.53. The standard InChI is InChI=1S/C18H17N3O3S/c1-23-16-9-8-13(10-17(16)24-2)15(22)11-25-18-20-19-12-21(18)14-6-4-3-5-7-14/h3-10,12H,11H2,1-2H3. The first-order valence-corrected chi connectivity index (χ1v) is 8.55. The van der Waals surface area contributed by atoms with Crippen molar-refractivity contribution in [2.75, 3.05) is 20.0 Å². The van der Waals surface area contributed by atoms with Gasteiger partial charge >= 0.3 is 0 Å². The van der Waals surface area contributed by atoms with Gasteiger partial charge in [-0.25, -0.2) is 0 Å². The Kier molecular flexibility index (Phi) is 5.35. The van der Waals surface area contributed by atoms with Gasteiger partial charge in [-0.2, -0.15) is 0 Å². The number of benzene rings is 2. The van der Waals surface area contributed by atoms with Crippen LogP contribution in [0.4, 0.5) is 0 Å². The molecule has 0 radical (unpaired) electrons. The minimum atomic E-state index is -0.0198. The number of ether oxygens (including phenoxy) is 2. The highest BCUT2D eigenvalue weighted by atomic mass is 32.2. The maximum Gasteiger partial charge on any atom is 0.196 e. The molecule has 0 aliphatic carbocycles. The van der Waals surface area contributed by atoms with Gasteiger partial charge in [0.2, 0.25) is 0 Å². The molecule has 2 aromatic carbocycles. The van der Waals surface area contributed by atoms with Crippen molar-refractivity contribution in [3.05, 3.63) is 60.4 Å². The lowest BCUT2D eigenvalue weighted by atomic mass is 10.1. The fourth-order valence-corrected chi connectivity index (χ4v) is 3.14. The number of hydrogen-bond donors (Lipinski definition) is 0. The summed E-state index contributed by atoms with van der Waals surface area (Å²) in [5.74, 6) is 1.36. The van der Waals surface area contributed by atoms with Crippen LogP contribution in [0.25, 0.3) is 5.69 Å². The lowest BCUT2D eigenvalue weighted by Gasteiger charge is -2.09. The van der Waals surface area contributed by atoms with Gasteiger partial charge in [-0.1, -0.05) is 30.0 Å².